The van der Waals surface area contributed by atoms with Gasteiger partial charge in [-0.25, -0.2) is 4.98 Å². The first-order valence-electron chi connectivity index (χ1n) is 5.88. The quantitative estimate of drug-likeness (QED) is 0.857. The van der Waals surface area contributed by atoms with Gasteiger partial charge in [-0.15, -0.1) is 0 Å². The molecule has 0 amide bonds. The molecule has 0 aliphatic rings. The molecule has 0 aliphatic carbocycles. The highest BCUT2D eigenvalue weighted by molar-refractivity contribution is 5.81. The molecule has 0 aliphatic heterocycles. The van der Waals surface area contributed by atoms with E-state index in [1.165, 1.54) is 11.1 Å². The highest BCUT2D eigenvalue weighted by Gasteiger charge is 2.14. The molecule has 0 spiro atoms. The van der Waals surface area contributed by atoms with Gasteiger partial charge in [-0.05, 0) is 31.9 Å². The zero-order valence-electron chi connectivity index (χ0n) is 10.2. The first-order valence-corrected chi connectivity index (χ1v) is 5.88. The molecule has 0 radical (unpaired) electrons. The molecule has 1 heterocycles. The molecule has 3 heteroatoms. The van der Waals surface area contributed by atoms with E-state index in [1.807, 2.05) is 12.1 Å². The van der Waals surface area contributed by atoms with Crippen LogP contribution in [0.1, 0.15) is 38.3 Å². The van der Waals surface area contributed by atoms with E-state index in [9.17, 15) is 0 Å². The van der Waals surface area contributed by atoms with Crippen LogP contribution in [0.25, 0.3) is 11.0 Å². The van der Waals surface area contributed by atoms with Crippen LogP contribution in [-0.2, 0) is 0 Å². The molecule has 0 saturated heterocycles. The molecular weight excluding hydrogens is 198 g/mol. The average molecular weight is 217 g/mol. The summed E-state index contributed by atoms with van der Waals surface area (Å²) in [4.78, 5) is 4.42. The van der Waals surface area contributed by atoms with Crippen LogP contribution < -0.4 is 5.73 Å². The van der Waals surface area contributed by atoms with Gasteiger partial charge in [-0.2, -0.15) is 0 Å². The highest BCUT2D eigenvalue weighted by atomic mass is 15.2. The lowest BCUT2D eigenvalue weighted by Gasteiger charge is -2.15. The van der Waals surface area contributed by atoms with Crippen LogP contribution in [0.2, 0.25) is 0 Å². The summed E-state index contributed by atoms with van der Waals surface area (Å²) in [5.74, 6) is 0.630. The second kappa shape index (κ2) is 4.16. The third-order valence-corrected chi connectivity index (χ3v) is 3.09. The number of nitrogen functional groups attached to an aromatic ring is 1. The predicted molar refractivity (Wildman–Crippen MR) is 68.5 cm³/mol. The largest absolute Gasteiger partial charge is 0.369 e. The zero-order valence-corrected chi connectivity index (χ0v) is 10.2. The van der Waals surface area contributed by atoms with Crippen molar-refractivity contribution in [2.75, 3.05) is 5.73 Å². The first kappa shape index (κ1) is 11.0. The van der Waals surface area contributed by atoms with E-state index in [0.29, 0.717) is 12.0 Å². The minimum absolute atomic E-state index is 0.413. The van der Waals surface area contributed by atoms with E-state index >= 15 is 0 Å². The van der Waals surface area contributed by atoms with Crippen molar-refractivity contribution >= 4 is 17.0 Å². The Labute approximate surface area is 96.3 Å². The van der Waals surface area contributed by atoms with Crippen molar-refractivity contribution < 1.29 is 0 Å². The van der Waals surface area contributed by atoms with Crippen molar-refractivity contribution in [3.8, 4) is 0 Å². The van der Waals surface area contributed by atoms with Gasteiger partial charge in [-0.3, -0.25) is 0 Å². The van der Waals surface area contributed by atoms with Gasteiger partial charge >= 0.3 is 0 Å². The normalized spacial score (nSPS) is 13.2. The van der Waals surface area contributed by atoms with Crippen LogP contribution >= 0.6 is 0 Å². The number of benzene rings is 1. The van der Waals surface area contributed by atoms with E-state index in [1.54, 1.807) is 0 Å². The zero-order chi connectivity index (χ0) is 11.7. The van der Waals surface area contributed by atoms with Crippen LogP contribution in [-0.4, -0.2) is 9.55 Å². The number of aromatic nitrogens is 2. The number of imidazole rings is 1. The smallest absolute Gasteiger partial charge is 0.201 e. The van der Waals surface area contributed by atoms with Gasteiger partial charge in [-0.1, -0.05) is 25.5 Å². The molecule has 0 saturated carbocycles. The Balaban J connectivity index is 2.63. The summed E-state index contributed by atoms with van der Waals surface area (Å²) < 4.78 is 2.16. The number of hydrogen-bond acceptors (Lipinski definition) is 2. The third-order valence-electron chi connectivity index (χ3n) is 3.09. The minimum Gasteiger partial charge on any atom is -0.369 e. The van der Waals surface area contributed by atoms with E-state index in [4.69, 9.17) is 5.73 Å². The third kappa shape index (κ3) is 1.66. The molecule has 3 nitrogen and oxygen atoms in total. The fourth-order valence-corrected chi connectivity index (χ4v) is 2.33. The van der Waals surface area contributed by atoms with Crippen molar-refractivity contribution in [3.63, 3.8) is 0 Å². The monoisotopic (exact) mass is 217 g/mol. The van der Waals surface area contributed by atoms with Crippen molar-refractivity contribution in [3.05, 3.63) is 23.8 Å². The van der Waals surface area contributed by atoms with Crippen LogP contribution in [0.5, 0.6) is 0 Å². The molecule has 1 unspecified atom stereocenters. The van der Waals surface area contributed by atoms with Crippen LogP contribution in [0.15, 0.2) is 18.2 Å². The number of nitrogens with zero attached hydrogens (tertiary/aromatic N) is 2. The lowest BCUT2D eigenvalue weighted by Crippen LogP contribution is -2.09. The van der Waals surface area contributed by atoms with Gasteiger partial charge in [0.05, 0.1) is 11.0 Å². The maximum Gasteiger partial charge on any atom is 0.201 e. The Morgan fingerprint density at radius 3 is 2.88 bits per heavy atom. The van der Waals surface area contributed by atoms with Gasteiger partial charge in [0.15, 0.2) is 0 Å². The second-order valence-corrected chi connectivity index (χ2v) is 4.42. The number of rotatable bonds is 3. The number of hydrogen-bond donors (Lipinski definition) is 1. The predicted octanol–water partition coefficient (Wildman–Crippen LogP) is 3.29. The summed E-state index contributed by atoms with van der Waals surface area (Å²) in [5, 5.41) is 0. The Morgan fingerprint density at radius 2 is 2.19 bits per heavy atom. The second-order valence-electron chi connectivity index (χ2n) is 4.42. The number of fused-ring (bicyclic) bond motifs is 1. The van der Waals surface area contributed by atoms with Gasteiger partial charge in [0.2, 0.25) is 5.95 Å². The lowest BCUT2D eigenvalue weighted by atomic mass is 10.1. The molecule has 0 bridgehead atoms. The lowest BCUT2D eigenvalue weighted by molar-refractivity contribution is 0.518. The summed E-state index contributed by atoms with van der Waals surface area (Å²) in [6.45, 7) is 6.50. The Hall–Kier alpha value is -1.51. The average Bonchev–Trinajstić information content (AvgIpc) is 2.56. The molecule has 1 aromatic carbocycles. The van der Waals surface area contributed by atoms with Gasteiger partial charge in [0.25, 0.3) is 0 Å². The van der Waals surface area contributed by atoms with Crippen LogP contribution in [0.3, 0.4) is 0 Å². The van der Waals surface area contributed by atoms with Crippen LogP contribution in [0.4, 0.5) is 5.95 Å². The summed E-state index contributed by atoms with van der Waals surface area (Å²) in [6.07, 6.45) is 2.29. The van der Waals surface area contributed by atoms with E-state index in [2.05, 4.69) is 36.4 Å². The summed E-state index contributed by atoms with van der Waals surface area (Å²) in [5.41, 5.74) is 9.43. The Bertz CT molecular complexity index is 499. The van der Waals surface area contributed by atoms with Crippen molar-refractivity contribution in [2.24, 2.45) is 0 Å². The van der Waals surface area contributed by atoms with Gasteiger partial charge in [0.1, 0.15) is 0 Å². The van der Waals surface area contributed by atoms with E-state index in [-0.39, 0.29) is 0 Å². The SMILES string of the molecule is CCCC(C)n1c(N)nc2cccc(C)c21. The van der Waals surface area contributed by atoms with E-state index in [0.717, 1.165) is 18.4 Å². The number of para-hydroxylation sites is 1. The fourth-order valence-electron chi connectivity index (χ4n) is 2.33. The molecule has 16 heavy (non-hydrogen) atoms. The van der Waals surface area contributed by atoms with E-state index < -0.39 is 0 Å². The molecule has 1 atom stereocenters. The van der Waals surface area contributed by atoms with Crippen molar-refractivity contribution in [1.29, 1.82) is 0 Å². The number of aryl methyl sites for hydroxylation is 1. The molecule has 2 rings (SSSR count). The van der Waals surface area contributed by atoms with Crippen molar-refractivity contribution in [1.82, 2.24) is 9.55 Å². The molecule has 1 aromatic heterocycles. The summed E-state index contributed by atoms with van der Waals surface area (Å²) in [7, 11) is 0. The highest BCUT2D eigenvalue weighted by Crippen LogP contribution is 2.27. The van der Waals surface area contributed by atoms with Gasteiger partial charge in [0, 0.05) is 6.04 Å². The standard InChI is InChI=1S/C13H19N3/c1-4-6-10(3)16-12-9(2)7-5-8-11(12)15-13(16)14/h5,7-8,10H,4,6H2,1-3H3,(H2,14,15). The summed E-state index contributed by atoms with van der Waals surface area (Å²) >= 11 is 0. The molecule has 86 valence electrons. The number of nitrogens with two attached hydrogens (primary N) is 1. The van der Waals surface area contributed by atoms with Gasteiger partial charge < -0.3 is 10.3 Å². The maximum absolute atomic E-state index is 6.01. The Kier molecular flexibility index (Phi) is 2.86. The summed E-state index contributed by atoms with van der Waals surface area (Å²) in [6, 6.07) is 6.57. The number of anilines is 1. The minimum atomic E-state index is 0.413. The molecule has 2 aromatic rings. The van der Waals surface area contributed by atoms with Crippen molar-refractivity contribution in [2.45, 2.75) is 39.7 Å². The molecular formula is C13H19N3. The van der Waals surface area contributed by atoms with Crippen LogP contribution in [0, 0.1) is 6.92 Å². The maximum atomic E-state index is 6.01. The Morgan fingerprint density at radius 1 is 1.44 bits per heavy atom. The topological polar surface area (TPSA) is 43.8 Å². The molecule has 0 fully saturated rings. The molecule has 2 N–H and O–H groups in total. The fraction of sp³-hybridized carbons (Fsp3) is 0.462. The first-order chi connectivity index (χ1) is 7.65.